The maximum Gasteiger partial charge on any atom is 0.329 e. The molecule has 2 aromatic carbocycles. The van der Waals surface area contributed by atoms with E-state index in [2.05, 4.69) is 25.6 Å². The van der Waals surface area contributed by atoms with Gasteiger partial charge in [-0.3, -0.25) is 10.1 Å². The van der Waals surface area contributed by atoms with Gasteiger partial charge in [0, 0.05) is 5.69 Å². The Morgan fingerprint density at radius 2 is 2.00 bits per heavy atom. The molecule has 2 aromatic heterocycles. The summed E-state index contributed by atoms with van der Waals surface area (Å²) < 4.78 is 0.957. The number of hydrogen-bond acceptors (Lipinski definition) is 9. The van der Waals surface area contributed by atoms with Crippen molar-refractivity contribution in [3.05, 3.63) is 75.9 Å². The number of anilines is 3. The predicted octanol–water partition coefficient (Wildman–Crippen LogP) is 3.75. The summed E-state index contributed by atoms with van der Waals surface area (Å²) in [6.07, 6.45) is 1.71. The molecule has 0 bridgehead atoms. The van der Waals surface area contributed by atoms with Crippen LogP contribution in [0.4, 0.5) is 23.1 Å². The molecule has 4 aromatic rings. The minimum Gasteiger partial charge on any atom is -0.394 e. The first kappa shape index (κ1) is 19.7. The Hall–Kier alpha value is -3.63. The van der Waals surface area contributed by atoms with Gasteiger partial charge in [-0.25, -0.2) is 9.97 Å². The van der Waals surface area contributed by atoms with Gasteiger partial charge in [0.1, 0.15) is 6.20 Å². The molecule has 2 heterocycles. The van der Waals surface area contributed by atoms with Gasteiger partial charge in [-0.15, -0.1) is 11.3 Å². The Balaban J connectivity index is 1.57. The number of aliphatic hydroxyl groups is 1. The lowest BCUT2D eigenvalue weighted by Gasteiger charge is -2.17. The largest absolute Gasteiger partial charge is 0.394 e. The molecule has 0 aliphatic heterocycles. The molecule has 0 aliphatic rings. The summed E-state index contributed by atoms with van der Waals surface area (Å²) in [7, 11) is 0. The van der Waals surface area contributed by atoms with E-state index < -0.39 is 4.92 Å². The normalized spacial score (nSPS) is 11.9. The fourth-order valence-electron chi connectivity index (χ4n) is 2.98. The van der Waals surface area contributed by atoms with Crippen LogP contribution >= 0.6 is 11.3 Å². The van der Waals surface area contributed by atoms with E-state index in [9.17, 15) is 15.2 Å². The number of hydrogen-bond donors (Lipinski definition) is 3. The lowest BCUT2D eigenvalue weighted by Crippen LogP contribution is -2.27. The maximum absolute atomic E-state index is 11.4. The van der Waals surface area contributed by atoms with Crippen LogP contribution in [0.3, 0.4) is 0 Å². The molecule has 152 valence electrons. The van der Waals surface area contributed by atoms with Crippen LogP contribution < -0.4 is 10.6 Å². The number of rotatable bonds is 8. The van der Waals surface area contributed by atoms with E-state index in [1.807, 2.05) is 42.5 Å². The third-order valence-corrected chi connectivity index (χ3v) is 5.23. The van der Waals surface area contributed by atoms with Gasteiger partial charge in [0.25, 0.3) is 0 Å². The lowest BCUT2D eigenvalue weighted by molar-refractivity contribution is -0.384. The van der Waals surface area contributed by atoms with Gasteiger partial charge in [-0.05, 0) is 30.2 Å². The van der Waals surface area contributed by atoms with Crippen LogP contribution in [-0.2, 0) is 6.42 Å². The van der Waals surface area contributed by atoms with Crippen LogP contribution in [0.2, 0.25) is 0 Å². The van der Waals surface area contributed by atoms with Crippen molar-refractivity contribution in [2.45, 2.75) is 12.5 Å². The Bertz CT molecular complexity index is 1170. The third kappa shape index (κ3) is 4.50. The molecule has 1 atom stereocenters. The molecule has 0 radical (unpaired) electrons. The second-order valence-corrected chi connectivity index (χ2v) is 7.44. The zero-order valence-corrected chi connectivity index (χ0v) is 16.5. The van der Waals surface area contributed by atoms with Crippen LogP contribution in [-0.4, -0.2) is 37.6 Å². The highest BCUT2D eigenvalue weighted by Crippen LogP contribution is 2.28. The molecule has 0 saturated carbocycles. The molecule has 10 heteroatoms. The smallest absolute Gasteiger partial charge is 0.329 e. The number of benzene rings is 2. The van der Waals surface area contributed by atoms with Crippen LogP contribution in [0.1, 0.15) is 5.56 Å². The van der Waals surface area contributed by atoms with E-state index in [0.29, 0.717) is 12.1 Å². The number of nitrogens with one attached hydrogen (secondary N) is 2. The fourth-order valence-corrected chi connectivity index (χ4v) is 3.70. The predicted molar refractivity (Wildman–Crippen MR) is 116 cm³/mol. The number of aliphatic hydroxyl groups excluding tert-OH is 1. The molecular formula is C20H18N6O3S. The molecule has 30 heavy (non-hydrogen) atoms. The molecule has 1 unspecified atom stereocenters. The summed E-state index contributed by atoms with van der Waals surface area (Å²) >= 11 is 1.48. The highest BCUT2D eigenvalue weighted by atomic mass is 32.1. The van der Waals surface area contributed by atoms with Crippen molar-refractivity contribution in [3.8, 4) is 0 Å². The van der Waals surface area contributed by atoms with Gasteiger partial charge in [0.2, 0.25) is 11.8 Å². The Labute approximate surface area is 175 Å². The molecule has 4 rings (SSSR count). The van der Waals surface area contributed by atoms with Crippen LogP contribution in [0, 0.1) is 10.1 Å². The minimum atomic E-state index is -0.537. The lowest BCUT2D eigenvalue weighted by atomic mass is 10.1. The topological polar surface area (TPSA) is 126 Å². The highest BCUT2D eigenvalue weighted by molar-refractivity contribution is 7.16. The van der Waals surface area contributed by atoms with Crippen LogP contribution in [0.15, 0.2) is 60.2 Å². The van der Waals surface area contributed by atoms with Gasteiger partial charge in [-0.2, -0.15) is 4.98 Å². The molecule has 9 nitrogen and oxygen atoms in total. The van der Waals surface area contributed by atoms with E-state index in [4.69, 9.17) is 0 Å². The standard InChI is InChI=1S/C20H18N6O3S/c27-11-15(8-13-4-2-1-3-5-13)24-20-21-10-17(26(28)29)19(25-20)23-14-6-7-16-18(9-14)30-12-22-16/h1-7,9-10,12,15,27H,8,11H2,(H2,21,23,24,25). The second-order valence-electron chi connectivity index (χ2n) is 6.56. The van der Waals surface area contributed by atoms with Gasteiger partial charge in [-0.1, -0.05) is 30.3 Å². The molecule has 0 saturated heterocycles. The van der Waals surface area contributed by atoms with Crippen molar-refractivity contribution in [1.29, 1.82) is 0 Å². The molecule has 0 spiro atoms. The molecule has 0 aliphatic carbocycles. The zero-order valence-electron chi connectivity index (χ0n) is 15.7. The first-order valence-corrected chi connectivity index (χ1v) is 10.0. The molecule has 3 N–H and O–H groups in total. The average molecular weight is 422 g/mol. The number of thiazole rings is 1. The Morgan fingerprint density at radius 1 is 1.17 bits per heavy atom. The summed E-state index contributed by atoms with van der Waals surface area (Å²) in [4.78, 5) is 23.5. The van der Waals surface area contributed by atoms with Crippen molar-refractivity contribution in [2.24, 2.45) is 0 Å². The summed E-state index contributed by atoms with van der Waals surface area (Å²) in [6, 6.07) is 14.8. The Morgan fingerprint density at radius 3 is 2.77 bits per heavy atom. The summed E-state index contributed by atoms with van der Waals surface area (Å²) in [5.41, 5.74) is 4.06. The second kappa shape index (κ2) is 8.80. The fraction of sp³-hybridized carbons (Fsp3) is 0.150. The van der Waals surface area contributed by atoms with E-state index >= 15 is 0 Å². The molecule has 0 fully saturated rings. The zero-order chi connectivity index (χ0) is 20.9. The Kier molecular flexibility index (Phi) is 5.77. The van der Waals surface area contributed by atoms with Gasteiger partial charge in [0.15, 0.2) is 0 Å². The highest BCUT2D eigenvalue weighted by Gasteiger charge is 2.19. The van der Waals surface area contributed by atoms with Crippen molar-refractivity contribution < 1.29 is 10.0 Å². The number of nitro groups is 1. The van der Waals surface area contributed by atoms with Gasteiger partial charge >= 0.3 is 5.69 Å². The molecule has 0 amide bonds. The van der Waals surface area contributed by atoms with E-state index in [1.165, 1.54) is 11.3 Å². The first-order chi connectivity index (χ1) is 14.6. The summed E-state index contributed by atoms with van der Waals surface area (Å²) in [5.74, 6) is 0.259. The number of fused-ring (bicyclic) bond motifs is 1. The third-order valence-electron chi connectivity index (χ3n) is 4.44. The van der Waals surface area contributed by atoms with Gasteiger partial charge < -0.3 is 15.7 Å². The van der Waals surface area contributed by atoms with Crippen LogP contribution in [0.25, 0.3) is 10.2 Å². The molecular weight excluding hydrogens is 404 g/mol. The quantitative estimate of drug-likeness (QED) is 0.289. The van der Waals surface area contributed by atoms with Crippen molar-refractivity contribution in [3.63, 3.8) is 0 Å². The number of aromatic nitrogens is 3. The van der Waals surface area contributed by atoms with E-state index in [1.54, 1.807) is 11.6 Å². The van der Waals surface area contributed by atoms with Crippen molar-refractivity contribution in [1.82, 2.24) is 15.0 Å². The summed E-state index contributed by atoms with van der Waals surface area (Å²) in [5, 5.41) is 27.2. The first-order valence-electron chi connectivity index (χ1n) is 9.15. The van der Waals surface area contributed by atoms with Crippen molar-refractivity contribution in [2.75, 3.05) is 17.2 Å². The SMILES string of the molecule is O=[N+]([O-])c1cnc(NC(CO)Cc2ccccc2)nc1Nc1ccc2ncsc2c1. The monoisotopic (exact) mass is 422 g/mol. The van der Waals surface area contributed by atoms with E-state index in [0.717, 1.165) is 22.0 Å². The summed E-state index contributed by atoms with van der Waals surface area (Å²) in [6.45, 7) is -0.139. The minimum absolute atomic E-state index is 0.0674. The van der Waals surface area contributed by atoms with Crippen LogP contribution in [0.5, 0.6) is 0 Å². The van der Waals surface area contributed by atoms with Crippen molar-refractivity contribution >= 4 is 44.7 Å². The van der Waals surface area contributed by atoms with E-state index in [-0.39, 0.29) is 30.1 Å². The number of nitrogens with zero attached hydrogens (tertiary/aromatic N) is 4. The average Bonchev–Trinajstić information content (AvgIpc) is 3.22. The maximum atomic E-state index is 11.4. The van der Waals surface area contributed by atoms with Gasteiger partial charge in [0.05, 0.1) is 33.3 Å².